The minimum Gasteiger partial charge on any atom is -0.453 e. The first-order chi connectivity index (χ1) is 11.6. The van der Waals surface area contributed by atoms with Gasteiger partial charge in [0, 0.05) is 5.39 Å². The number of aromatic nitrogens is 2. The number of Topliss-reactive ketones (excluding diaryl/α,β-unsaturated/α-hetero) is 1. The topological polar surface area (TPSA) is 65.1 Å². The molecule has 0 amide bonds. The van der Waals surface area contributed by atoms with Crippen LogP contribution in [0.4, 0.5) is 0 Å². The molecule has 0 bridgehead atoms. The highest BCUT2D eigenvalue weighted by atomic mass is 32.1. The summed E-state index contributed by atoms with van der Waals surface area (Å²) in [6, 6.07) is 16.1. The molecule has 0 fully saturated rings. The Morgan fingerprint density at radius 3 is 2.71 bits per heavy atom. The number of para-hydroxylation sites is 2. The van der Waals surface area contributed by atoms with Crippen LogP contribution in [0, 0.1) is 0 Å². The molecule has 2 heterocycles. The van der Waals surface area contributed by atoms with Crippen LogP contribution in [-0.4, -0.2) is 14.7 Å². The van der Waals surface area contributed by atoms with Crippen molar-refractivity contribution in [3.05, 3.63) is 76.5 Å². The Labute approximate surface area is 142 Å². The van der Waals surface area contributed by atoms with Crippen molar-refractivity contribution in [1.82, 2.24) is 8.96 Å². The van der Waals surface area contributed by atoms with E-state index in [2.05, 4.69) is 17.8 Å². The Hall–Kier alpha value is -2.86. The summed E-state index contributed by atoms with van der Waals surface area (Å²) in [6.45, 7) is 0. The fourth-order valence-corrected chi connectivity index (χ4v) is 2.96. The maximum absolute atomic E-state index is 12.5. The summed E-state index contributed by atoms with van der Waals surface area (Å²) in [5, 5.41) is 1.32. The third-order valence-electron chi connectivity index (χ3n) is 3.86. The van der Waals surface area contributed by atoms with Crippen molar-refractivity contribution in [3.63, 3.8) is 0 Å². The zero-order valence-electron chi connectivity index (χ0n) is 12.5. The lowest BCUT2D eigenvalue weighted by molar-refractivity contribution is 0.0966. The normalized spacial score (nSPS) is 11.2. The number of rotatable bonds is 3. The van der Waals surface area contributed by atoms with Crippen LogP contribution < -0.4 is 5.56 Å². The Balaban J connectivity index is 1.74. The van der Waals surface area contributed by atoms with Crippen molar-refractivity contribution in [3.8, 4) is 0 Å². The molecule has 0 radical (unpaired) electrons. The molecule has 0 aliphatic carbocycles. The molecule has 6 heteroatoms. The molecular weight excluding hydrogens is 324 g/mol. The molecule has 4 aromatic rings. The second kappa shape index (κ2) is 5.65. The summed E-state index contributed by atoms with van der Waals surface area (Å²) < 4.78 is 7.04. The summed E-state index contributed by atoms with van der Waals surface area (Å²) in [5.41, 5.74) is 0.895. The number of carbonyl (C=O) groups excluding carboxylic acids is 1. The van der Waals surface area contributed by atoms with Gasteiger partial charge >= 0.3 is 0 Å². The highest BCUT2D eigenvalue weighted by Gasteiger charge is 2.17. The number of fused-ring (bicyclic) bond motifs is 2. The lowest BCUT2D eigenvalue weighted by Crippen LogP contribution is -2.18. The van der Waals surface area contributed by atoms with Gasteiger partial charge in [0.25, 0.3) is 5.56 Å². The summed E-state index contributed by atoms with van der Waals surface area (Å²) in [5.74, 6) is 0.274. The molecule has 118 valence electrons. The average molecular weight is 336 g/mol. The zero-order valence-corrected chi connectivity index (χ0v) is 13.4. The predicted molar refractivity (Wildman–Crippen MR) is 94.6 cm³/mol. The molecule has 2 aromatic heterocycles. The molecule has 0 unspecified atom stereocenters. The summed E-state index contributed by atoms with van der Waals surface area (Å²) in [6.07, 6.45) is -0.0661. The van der Waals surface area contributed by atoms with Gasteiger partial charge in [-0.15, -0.1) is 0 Å². The van der Waals surface area contributed by atoms with Crippen molar-refractivity contribution in [2.75, 3.05) is 0 Å². The second-order valence-electron chi connectivity index (χ2n) is 5.41. The minimum absolute atomic E-state index is 0.0661. The van der Waals surface area contributed by atoms with Gasteiger partial charge in [0.05, 0.1) is 17.3 Å². The first-order valence-electron chi connectivity index (χ1n) is 7.35. The molecule has 0 aliphatic rings. The van der Waals surface area contributed by atoms with Crippen molar-refractivity contribution < 1.29 is 9.21 Å². The molecule has 4 rings (SSSR count). The van der Waals surface area contributed by atoms with Gasteiger partial charge in [-0.3, -0.25) is 13.6 Å². The van der Waals surface area contributed by atoms with Gasteiger partial charge in [0.15, 0.2) is 5.76 Å². The number of hydrogen-bond donors (Lipinski definition) is 1. The Bertz CT molecular complexity index is 1110. The summed E-state index contributed by atoms with van der Waals surface area (Å²) >= 11 is 4.38. The largest absolute Gasteiger partial charge is 0.453 e. The first-order valence-corrected chi connectivity index (χ1v) is 7.75. The molecule has 0 N–H and O–H groups in total. The van der Waals surface area contributed by atoms with Crippen molar-refractivity contribution in [2.45, 2.75) is 6.42 Å². The molecular formula is C18H12N2O3S. The molecule has 5 nitrogen and oxygen atoms in total. The van der Waals surface area contributed by atoms with Gasteiger partial charge < -0.3 is 4.42 Å². The maximum Gasteiger partial charge on any atom is 0.280 e. The number of carbonyl (C=O) groups is 1. The van der Waals surface area contributed by atoms with Crippen molar-refractivity contribution in [2.24, 2.45) is 0 Å². The van der Waals surface area contributed by atoms with E-state index in [-0.39, 0.29) is 29.3 Å². The van der Waals surface area contributed by atoms with Gasteiger partial charge in [-0.2, -0.15) is 4.98 Å². The average Bonchev–Trinajstić information content (AvgIpc) is 3.04. The third-order valence-corrected chi connectivity index (χ3v) is 4.30. The number of nitrogens with zero attached hydrogens (tertiary/aromatic N) is 2. The van der Waals surface area contributed by atoms with Gasteiger partial charge in [-0.25, -0.2) is 0 Å². The van der Waals surface area contributed by atoms with E-state index in [9.17, 15) is 9.59 Å². The van der Waals surface area contributed by atoms with Crippen LogP contribution in [0.2, 0.25) is 0 Å². The van der Waals surface area contributed by atoms with E-state index in [0.717, 1.165) is 5.39 Å². The number of furan rings is 1. The van der Waals surface area contributed by atoms with Crippen LogP contribution in [0.15, 0.2) is 63.8 Å². The lowest BCUT2D eigenvalue weighted by Gasteiger charge is -2.08. The van der Waals surface area contributed by atoms with Crippen LogP contribution in [0.1, 0.15) is 16.4 Å². The zero-order chi connectivity index (χ0) is 16.7. The maximum atomic E-state index is 12.5. The van der Waals surface area contributed by atoms with E-state index in [1.807, 2.05) is 18.2 Å². The molecule has 0 spiro atoms. The lowest BCUT2D eigenvalue weighted by atomic mass is 10.2. The van der Waals surface area contributed by atoms with Crippen molar-refractivity contribution >= 4 is 40.5 Å². The summed E-state index contributed by atoms with van der Waals surface area (Å²) in [4.78, 5) is 28.6. The predicted octanol–water partition coefficient (Wildman–Crippen LogP) is 3.26. The molecule has 0 saturated carbocycles. The fourth-order valence-electron chi connectivity index (χ4n) is 2.67. The Morgan fingerprint density at radius 1 is 1.12 bits per heavy atom. The molecule has 0 aliphatic heterocycles. The number of benzene rings is 2. The van der Waals surface area contributed by atoms with E-state index in [1.54, 1.807) is 36.4 Å². The molecule has 24 heavy (non-hydrogen) atoms. The number of ketones is 1. The first kappa shape index (κ1) is 14.7. The SMILES string of the molecule is O=C(Cc1nc(=O)c2ccccc2n1S)c1cc2ccccc2o1. The van der Waals surface area contributed by atoms with E-state index in [0.29, 0.717) is 16.5 Å². The minimum atomic E-state index is -0.372. The molecule has 2 aromatic carbocycles. The van der Waals surface area contributed by atoms with Crippen LogP contribution in [-0.2, 0) is 6.42 Å². The van der Waals surface area contributed by atoms with Crippen LogP contribution in [0.25, 0.3) is 21.9 Å². The van der Waals surface area contributed by atoms with Crippen molar-refractivity contribution in [1.29, 1.82) is 0 Å². The third kappa shape index (κ3) is 2.41. The van der Waals surface area contributed by atoms with Gasteiger partial charge in [-0.1, -0.05) is 43.1 Å². The fraction of sp³-hybridized carbons (Fsp3) is 0.0556. The molecule has 0 saturated heterocycles. The van der Waals surface area contributed by atoms with Crippen LogP contribution in [0.3, 0.4) is 0 Å². The summed E-state index contributed by atoms with van der Waals surface area (Å²) in [7, 11) is 0. The van der Waals surface area contributed by atoms with Gasteiger partial charge in [0.2, 0.25) is 5.78 Å². The Kier molecular flexibility index (Phi) is 3.46. The highest BCUT2D eigenvalue weighted by molar-refractivity contribution is 7.78. The van der Waals surface area contributed by atoms with E-state index in [1.165, 1.54) is 3.97 Å². The standard InChI is InChI=1S/C18H12N2O3S/c21-14(16-9-11-5-1-4-8-15(11)23-16)10-17-19-18(22)12-6-2-3-7-13(12)20(17)24/h1-9,24H,10H2. The highest BCUT2D eigenvalue weighted by Crippen LogP contribution is 2.20. The van der Waals surface area contributed by atoms with E-state index >= 15 is 0 Å². The molecule has 0 atom stereocenters. The van der Waals surface area contributed by atoms with Crippen LogP contribution >= 0.6 is 12.8 Å². The monoisotopic (exact) mass is 336 g/mol. The van der Waals surface area contributed by atoms with E-state index < -0.39 is 0 Å². The van der Waals surface area contributed by atoms with Gasteiger partial charge in [0.1, 0.15) is 11.4 Å². The van der Waals surface area contributed by atoms with E-state index in [4.69, 9.17) is 4.42 Å². The Morgan fingerprint density at radius 2 is 1.88 bits per heavy atom. The number of hydrogen-bond acceptors (Lipinski definition) is 5. The van der Waals surface area contributed by atoms with Gasteiger partial charge in [-0.05, 0) is 24.3 Å². The number of thiol groups is 1. The second-order valence-corrected chi connectivity index (χ2v) is 5.81. The smallest absolute Gasteiger partial charge is 0.280 e. The van der Waals surface area contributed by atoms with Crippen LogP contribution in [0.5, 0.6) is 0 Å². The quantitative estimate of drug-likeness (QED) is 0.461.